The molecule has 2 aromatic rings. The Hall–Kier alpha value is -1.56. The van der Waals surface area contributed by atoms with Gasteiger partial charge in [-0.1, -0.05) is 36.4 Å². The zero-order chi connectivity index (χ0) is 10.7. The highest BCUT2D eigenvalue weighted by Gasteiger charge is 2.01. The van der Waals surface area contributed by atoms with Gasteiger partial charge in [0.05, 0.1) is 0 Å². The van der Waals surface area contributed by atoms with Crippen molar-refractivity contribution in [1.29, 1.82) is 0 Å². The van der Waals surface area contributed by atoms with Crippen LogP contribution in [0.25, 0.3) is 0 Å². The van der Waals surface area contributed by atoms with Crippen molar-refractivity contribution >= 4 is 0 Å². The summed E-state index contributed by atoms with van der Waals surface area (Å²) in [6, 6.07) is 18.5. The molecule has 0 heterocycles. The molecule has 0 unspecified atom stereocenters. The van der Waals surface area contributed by atoms with Crippen LogP contribution in [0.2, 0.25) is 0 Å². The van der Waals surface area contributed by atoms with Crippen molar-refractivity contribution in [2.75, 3.05) is 0 Å². The van der Waals surface area contributed by atoms with Crippen LogP contribution < -0.4 is 0 Å². The van der Waals surface area contributed by atoms with Gasteiger partial charge in [-0.05, 0) is 54.7 Å². The molecule has 0 nitrogen and oxygen atoms in total. The van der Waals surface area contributed by atoms with E-state index in [0.717, 1.165) is 6.42 Å². The van der Waals surface area contributed by atoms with Gasteiger partial charge < -0.3 is 0 Å². The smallest absolute Gasteiger partial charge is 0.00205 e. The van der Waals surface area contributed by atoms with E-state index in [0.29, 0.717) is 0 Å². The number of rotatable bonds is 2. The van der Waals surface area contributed by atoms with Crippen molar-refractivity contribution < 1.29 is 0 Å². The SMILES string of the molecule is Cc1c[c]ccc1Cc1cc[c]cc1C. The summed E-state index contributed by atoms with van der Waals surface area (Å²) in [4.78, 5) is 0. The predicted octanol–water partition coefficient (Wildman–Crippen LogP) is 3.49. The molecule has 0 aliphatic rings. The molecule has 0 atom stereocenters. The van der Waals surface area contributed by atoms with Crippen LogP contribution in [0.5, 0.6) is 0 Å². The molecule has 0 saturated carbocycles. The summed E-state index contributed by atoms with van der Waals surface area (Å²) in [7, 11) is 0. The van der Waals surface area contributed by atoms with Crippen LogP contribution in [0.15, 0.2) is 36.4 Å². The third-order valence-corrected chi connectivity index (χ3v) is 2.76. The number of aryl methyl sites for hydroxylation is 2. The first kappa shape index (κ1) is 9.97. The van der Waals surface area contributed by atoms with Gasteiger partial charge in [0.1, 0.15) is 0 Å². The van der Waals surface area contributed by atoms with Gasteiger partial charge in [0.2, 0.25) is 0 Å². The van der Waals surface area contributed by atoms with Crippen LogP contribution in [-0.4, -0.2) is 0 Å². The largest absolute Gasteiger partial charge is 0.0578 e. The molecule has 0 aromatic heterocycles. The average molecular weight is 194 g/mol. The zero-order valence-corrected chi connectivity index (χ0v) is 9.17. The van der Waals surface area contributed by atoms with E-state index in [1.807, 2.05) is 24.3 Å². The lowest BCUT2D eigenvalue weighted by Gasteiger charge is -2.07. The Morgan fingerprint density at radius 1 is 0.867 bits per heavy atom. The van der Waals surface area contributed by atoms with Crippen molar-refractivity contribution in [1.82, 2.24) is 0 Å². The first-order chi connectivity index (χ1) is 7.27. The van der Waals surface area contributed by atoms with Crippen LogP contribution in [0, 0.1) is 26.0 Å². The highest BCUT2D eigenvalue weighted by molar-refractivity contribution is 5.34. The normalized spacial score (nSPS) is 10.3. The van der Waals surface area contributed by atoms with Crippen LogP contribution >= 0.6 is 0 Å². The molecule has 2 rings (SSSR count). The highest BCUT2D eigenvalue weighted by atomic mass is 14.1. The van der Waals surface area contributed by atoms with Crippen molar-refractivity contribution in [3.63, 3.8) is 0 Å². The Morgan fingerprint density at radius 3 is 1.73 bits per heavy atom. The quantitative estimate of drug-likeness (QED) is 0.686. The summed E-state index contributed by atoms with van der Waals surface area (Å²) < 4.78 is 0. The minimum Gasteiger partial charge on any atom is -0.0578 e. The van der Waals surface area contributed by atoms with Crippen molar-refractivity contribution in [2.45, 2.75) is 20.3 Å². The van der Waals surface area contributed by atoms with Crippen LogP contribution in [0.3, 0.4) is 0 Å². The molecule has 0 heteroatoms. The van der Waals surface area contributed by atoms with Gasteiger partial charge in [0.25, 0.3) is 0 Å². The fraction of sp³-hybridized carbons (Fsp3) is 0.200. The van der Waals surface area contributed by atoms with E-state index in [4.69, 9.17) is 0 Å². The van der Waals surface area contributed by atoms with E-state index in [9.17, 15) is 0 Å². The maximum absolute atomic E-state index is 3.10. The second-order valence-corrected chi connectivity index (χ2v) is 3.88. The number of hydrogen-bond acceptors (Lipinski definition) is 0. The van der Waals surface area contributed by atoms with Crippen LogP contribution in [0.4, 0.5) is 0 Å². The first-order valence-corrected chi connectivity index (χ1v) is 5.18. The molecule has 74 valence electrons. The fourth-order valence-corrected chi connectivity index (χ4v) is 1.69. The fourth-order valence-electron chi connectivity index (χ4n) is 1.69. The van der Waals surface area contributed by atoms with E-state index in [1.165, 1.54) is 22.3 Å². The topological polar surface area (TPSA) is 0 Å². The van der Waals surface area contributed by atoms with E-state index in [-0.39, 0.29) is 0 Å². The summed E-state index contributed by atoms with van der Waals surface area (Å²) in [5.41, 5.74) is 5.38. The highest BCUT2D eigenvalue weighted by Crippen LogP contribution is 2.15. The second-order valence-electron chi connectivity index (χ2n) is 3.88. The second kappa shape index (κ2) is 4.31. The minimum atomic E-state index is 1.00. The van der Waals surface area contributed by atoms with Gasteiger partial charge >= 0.3 is 0 Å². The van der Waals surface area contributed by atoms with Gasteiger partial charge in [-0.15, -0.1) is 0 Å². The Morgan fingerprint density at radius 2 is 1.33 bits per heavy atom. The molecule has 0 aliphatic heterocycles. The molecule has 0 N–H and O–H groups in total. The lowest BCUT2D eigenvalue weighted by atomic mass is 9.98. The van der Waals surface area contributed by atoms with Crippen LogP contribution in [0.1, 0.15) is 22.3 Å². The van der Waals surface area contributed by atoms with E-state index in [2.05, 4.69) is 38.1 Å². The molecule has 0 bridgehead atoms. The minimum absolute atomic E-state index is 1.00. The lowest BCUT2D eigenvalue weighted by molar-refractivity contribution is 1.13. The van der Waals surface area contributed by atoms with Gasteiger partial charge in [0, 0.05) is 0 Å². The molecule has 0 spiro atoms. The molecule has 2 radical (unpaired) electrons. The number of hydrogen-bond donors (Lipinski definition) is 0. The molecule has 15 heavy (non-hydrogen) atoms. The van der Waals surface area contributed by atoms with Gasteiger partial charge in [-0.3, -0.25) is 0 Å². The molecule has 0 aliphatic carbocycles. The Bertz CT molecular complexity index is 412. The molecular weight excluding hydrogens is 180 g/mol. The lowest BCUT2D eigenvalue weighted by Crippen LogP contribution is -1.93. The molecule has 2 aromatic carbocycles. The summed E-state index contributed by atoms with van der Waals surface area (Å²) >= 11 is 0. The van der Waals surface area contributed by atoms with E-state index in [1.54, 1.807) is 0 Å². The summed E-state index contributed by atoms with van der Waals surface area (Å²) in [6.45, 7) is 4.27. The summed E-state index contributed by atoms with van der Waals surface area (Å²) in [5, 5.41) is 0. The standard InChI is InChI=1S/C15H14/c1-12-7-3-5-9-14(12)11-15-10-6-4-8-13(15)2/h5-10H,11H2,1-2H3. The van der Waals surface area contributed by atoms with E-state index >= 15 is 0 Å². The van der Waals surface area contributed by atoms with Crippen molar-refractivity contribution in [3.8, 4) is 0 Å². The van der Waals surface area contributed by atoms with Crippen molar-refractivity contribution in [2.24, 2.45) is 0 Å². The molecular formula is C15H14. The zero-order valence-electron chi connectivity index (χ0n) is 9.17. The molecule has 0 saturated heterocycles. The van der Waals surface area contributed by atoms with E-state index < -0.39 is 0 Å². The first-order valence-electron chi connectivity index (χ1n) is 5.18. The maximum Gasteiger partial charge on any atom is -0.00205 e. The molecule has 0 amide bonds. The van der Waals surface area contributed by atoms with Gasteiger partial charge in [0.15, 0.2) is 0 Å². The predicted molar refractivity (Wildman–Crippen MR) is 62.8 cm³/mol. The Kier molecular flexibility index (Phi) is 2.86. The molecule has 0 fully saturated rings. The number of benzene rings is 2. The van der Waals surface area contributed by atoms with Crippen LogP contribution in [-0.2, 0) is 6.42 Å². The van der Waals surface area contributed by atoms with Gasteiger partial charge in [-0.25, -0.2) is 0 Å². The monoisotopic (exact) mass is 194 g/mol. The Balaban J connectivity index is 2.30. The average Bonchev–Trinajstić information content (AvgIpc) is 2.24. The van der Waals surface area contributed by atoms with Crippen molar-refractivity contribution in [3.05, 3.63) is 70.8 Å². The van der Waals surface area contributed by atoms with Gasteiger partial charge in [-0.2, -0.15) is 0 Å². The third-order valence-electron chi connectivity index (χ3n) is 2.76. The summed E-state index contributed by atoms with van der Waals surface area (Å²) in [6.07, 6.45) is 1.00. The third kappa shape index (κ3) is 2.27. The maximum atomic E-state index is 3.10. The summed E-state index contributed by atoms with van der Waals surface area (Å²) in [5.74, 6) is 0. The Labute approximate surface area is 91.6 Å².